The first-order valence-electron chi connectivity index (χ1n) is 7.93. The maximum atomic E-state index is 12.3. The Balaban J connectivity index is 1.52. The lowest BCUT2D eigenvalue weighted by Crippen LogP contribution is -2.30. The molecule has 1 amide bonds. The minimum Gasteiger partial charge on any atom is -0.378 e. The minimum atomic E-state index is 0.260. The first-order valence-corrected chi connectivity index (χ1v) is 7.93. The van der Waals surface area contributed by atoms with E-state index >= 15 is 0 Å². The van der Waals surface area contributed by atoms with Gasteiger partial charge in [0, 0.05) is 26.6 Å². The molecule has 1 aromatic heterocycles. The number of hydrogen-bond acceptors (Lipinski definition) is 4. The van der Waals surface area contributed by atoms with Crippen molar-refractivity contribution in [2.45, 2.75) is 51.2 Å². The van der Waals surface area contributed by atoms with Gasteiger partial charge in [-0.1, -0.05) is 18.1 Å². The van der Waals surface area contributed by atoms with Crippen molar-refractivity contribution in [2.75, 3.05) is 20.2 Å². The van der Waals surface area contributed by atoms with Crippen LogP contribution in [0.15, 0.2) is 6.20 Å². The number of aromatic nitrogens is 3. The second-order valence-corrected chi connectivity index (χ2v) is 6.26. The number of ether oxygens (including phenoxy) is 1. The van der Waals surface area contributed by atoms with Crippen LogP contribution in [-0.4, -0.2) is 46.0 Å². The van der Waals surface area contributed by atoms with Crippen LogP contribution < -0.4 is 0 Å². The molecule has 1 aromatic rings. The summed E-state index contributed by atoms with van der Waals surface area (Å²) in [7, 11) is 1.65. The molecule has 1 aliphatic carbocycles. The summed E-state index contributed by atoms with van der Waals surface area (Å²) in [5.74, 6) is 0.942. The van der Waals surface area contributed by atoms with Crippen molar-refractivity contribution in [3.8, 4) is 0 Å². The molecule has 0 bridgehead atoms. The monoisotopic (exact) mass is 292 g/mol. The summed E-state index contributed by atoms with van der Waals surface area (Å²) < 4.78 is 6.94. The van der Waals surface area contributed by atoms with Gasteiger partial charge < -0.3 is 9.64 Å². The Hall–Kier alpha value is -1.43. The predicted octanol–water partition coefficient (Wildman–Crippen LogP) is 1.78. The van der Waals surface area contributed by atoms with E-state index < -0.39 is 0 Å². The Morgan fingerprint density at radius 1 is 1.38 bits per heavy atom. The fourth-order valence-electron chi connectivity index (χ4n) is 3.48. The zero-order valence-corrected chi connectivity index (χ0v) is 12.7. The second-order valence-electron chi connectivity index (χ2n) is 6.26. The lowest BCUT2D eigenvalue weighted by Gasteiger charge is -2.18. The van der Waals surface area contributed by atoms with Gasteiger partial charge in [-0.25, -0.2) is 4.68 Å². The summed E-state index contributed by atoms with van der Waals surface area (Å²) in [4.78, 5) is 14.3. The number of carbonyl (C=O) groups excluding carboxylic acids is 1. The van der Waals surface area contributed by atoms with E-state index in [2.05, 4.69) is 10.3 Å². The zero-order chi connectivity index (χ0) is 14.7. The molecular formula is C15H24N4O2. The van der Waals surface area contributed by atoms with E-state index in [9.17, 15) is 4.79 Å². The van der Waals surface area contributed by atoms with Crippen LogP contribution in [0.3, 0.4) is 0 Å². The van der Waals surface area contributed by atoms with E-state index in [0.29, 0.717) is 18.4 Å². The van der Waals surface area contributed by atoms with Gasteiger partial charge in [0.2, 0.25) is 5.91 Å². The number of likely N-dealkylation sites (tertiary alicyclic amines) is 1. The predicted molar refractivity (Wildman–Crippen MR) is 77.5 cm³/mol. The molecule has 1 saturated heterocycles. The van der Waals surface area contributed by atoms with Gasteiger partial charge in [-0.05, 0) is 25.2 Å². The van der Waals surface area contributed by atoms with E-state index in [4.69, 9.17) is 4.74 Å². The highest BCUT2D eigenvalue weighted by atomic mass is 16.5. The van der Waals surface area contributed by atoms with Gasteiger partial charge in [-0.15, -0.1) is 5.10 Å². The van der Waals surface area contributed by atoms with Crippen molar-refractivity contribution in [1.29, 1.82) is 0 Å². The third-order valence-electron chi connectivity index (χ3n) is 4.68. The van der Waals surface area contributed by atoms with Gasteiger partial charge in [0.25, 0.3) is 0 Å². The zero-order valence-electron chi connectivity index (χ0n) is 12.7. The molecule has 2 aliphatic rings. The van der Waals surface area contributed by atoms with Crippen molar-refractivity contribution < 1.29 is 9.53 Å². The van der Waals surface area contributed by atoms with Crippen molar-refractivity contribution in [2.24, 2.45) is 5.92 Å². The maximum Gasteiger partial charge on any atom is 0.222 e. The topological polar surface area (TPSA) is 60.2 Å². The van der Waals surface area contributed by atoms with Crippen LogP contribution in [0.4, 0.5) is 0 Å². The molecular weight excluding hydrogens is 268 g/mol. The first-order chi connectivity index (χ1) is 10.3. The Bertz CT molecular complexity index is 482. The van der Waals surface area contributed by atoms with Gasteiger partial charge in [0.1, 0.15) is 5.69 Å². The van der Waals surface area contributed by atoms with Crippen LogP contribution >= 0.6 is 0 Å². The molecule has 0 aromatic carbocycles. The van der Waals surface area contributed by atoms with Crippen molar-refractivity contribution in [1.82, 2.24) is 19.9 Å². The smallest absolute Gasteiger partial charge is 0.222 e. The van der Waals surface area contributed by atoms with E-state index in [1.165, 1.54) is 25.7 Å². The molecule has 0 spiro atoms. The van der Waals surface area contributed by atoms with E-state index in [0.717, 1.165) is 31.6 Å². The highest BCUT2D eigenvalue weighted by Gasteiger charge is 2.30. The maximum absolute atomic E-state index is 12.3. The number of rotatable bonds is 5. The lowest BCUT2D eigenvalue weighted by atomic mass is 10.0. The molecule has 6 nitrogen and oxygen atoms in total. The summed E-state index contributed by atoms with van der Waals surface area (Å²) >= 11 is 0. The summed E-state index contributed by atoms with van der Waals surface area (Å²) in [6, 6.07) is 0.260. The molecule has 21 heavy (non-hydrogen) atoms. The van der Waals surface area contributed by atoms with Gasteiger partial charge in [0.05, 0.1) is 18.8 Å². The Kier molecular flexibility index (Phi) is 4.53. The van der Waals surface area contributed by atoms with Gasteiger partial charge in [-0.2, -0.15) is 0 Å². The largest absolute Gasteiger partial charge is 0.378 e. The lowest BCUT2D eigenvalue weighted by molar-refractivity contribution is -0.131. The second kappa shape index (κ2) is 6.56. The van der Waals surface area contributed by atoms with Gasteiger partial charge in [-0.3, -0.25) is 4.79 Å². The highest BCUT2D eigenvalue weighted by Crippen LogP contribution is 2.29. The number of methoxy groups -OCH3 is 1. The summed E-state index contributed by atoms with van der Waals surface area (Å²) in [6.07, 6.45) is 8.67. The van der Waals surface area contributed by atoms with Crippen LogP contribution in [-0.2, 0) is 16.1 Å². The van der Waals surface area contributed by atoms with Gasteiger partial charge in [0.15, 0.2) is 0 Å². The number of nitrogens with zero attached hydrogens (tertiary/aromatic N) is 4. The molecule has 0 unspecified atom stereocenters. The Labute approximate surface area is 125 Å². The molecule has 2 heterocycles. The minimum absolute atomic E-state index is 0.260. The van der Waals surface area contributed by atoms with E-state index in [1.807, 2.05) is 15.8 Å². The first kappa shape index (κ1) is 14.5. The molecule has 0 radical (unpaired) electrons. The van der Waals surface area contributed by atoms with Crippen LogP contribution in [0, 0.1) is 5.92 Å². The number of amides is 1. The normalized spacial score (nSPS) is 23.1. The Morgan fingerprint density at radius 2 is 2.19 bits per heavy atom. The molecule has 3 rings (SSSR count). The molecule has 6 heteroatoms. The van der Waals surface area contributed by atoms with Crippen molar-refractivity contribution >= 4 is 5.91 Å². The number of carbonyl (C=O) groups is 1. The van der Waals surface area contributed by atoms with Crippen molar-refractivity contribution in [3.05, 3.63) is 11.9 Å². The van der Waals surface area contributed by atoms with Crippen LogP contribution in [0.2, 0.25) is 0 Å². The van der Waals surface area contributed by atoms with E-state index in [1.54, 1.807) is 7.11 Å². The SMILES string of the molecule is COCc1cn([C@H]2CCN(C(=O)CC3CCCC3)C2)nn1. The average Bonchev–Trinajstić information content (AvgIpc) is 3.20. The third-order valence-corrected chi connectivity index (χ3v) is 4.68. The molecule has 116 valence electrons. The molecule has 1 saturated carbocycles. The molecule has 1 atom stereocenters. The molecule has 1 aliphatic heterocycles. The summed E-state index contributed by atoms with van der Waals surface area (Å²) in [5, 5.41) is 8.25. The summed E-state index contributed by atoms with van der Waals surface area (Å²) in [6.45, 7) is 2.09. The van der Waals surface area contributed by atoms with E-state index in [-0.39, 0.29) is 6.04 Å². The summed E-state index contributed by atoms with van der Waals surface area (Å²) in [5.41, 5.74) is 0.841. The molecule has 2 fully saturated rings. The molecule has 0 N–H and O–H groups in total. The van der Waals surface area contributed by atoms with Gasteiger partial charge >= 0.3 is 0 Å². The fourth-order valence-corrected chi connectivity index (χ4v) is 3.48. The Morgan fingerprint density at radius 3 is 2.95 bits per heavy atom. The standard InChI is InChI=1S/C15H24N4O2/c1-21-11-13-9-19(17-16-13)14-6-7-18(10-14)15(20)8-12-4-2-3-5-12/h9,12,14H,2-8,10-11H2,1H3/t14-/m0/s1. The van der Waals surface area contributed by atoms with Crippen LogP contribution in [0.25, 0.3) is 0 Å². The van der Waals surface area contributed by atoms with Crippen molar-refractivity contribution in [3.63, 3.8) is 0 Å². The quantitative estimate of drug-likeness (QED) is 0.830. The van der Waals surface area contributed by atoms with Crippen LogP contribution in [0.5, 0.6) is 0 Å². The van der Waals surface area contributed by atoms with Crippen LogP contribution in [0.1, 0.15) is 50.3 Å². The fraction of sp³-hybridized carbons (Fsp3) is 0.800. The average molecular weight is 292 g/mol. The third kappa shape index (κ3) is 3.43. The number of hydrogen-bond donors (Lipinski definition) is 0. The highest BCUT2D eigenvalue weighted by molar-refractivity contribution is 5.76.